The van der Waals surface area contributed by atoms with Gasteiger partial charge in [0, 0.05) is 7.05 Å². The van der Waals surface area contributed by atoms with Crippen molar-refractivity contribution in [3.8, 4) is 6.01 Å². The lowest BCUT2D eigenvalue weighted by Gasteiger charge is -2.02. The van der Waals surface area contributed by atoms with Crippen LogP contribution in [0, 0.1) is 6.92 Å². The van der Waals surface area contributed by atoms with Gasteiger partial charge >= 0.3 is 12.4 Å². The fourth-order valence-electron chi connectivity index (χ4n) is 0.581. The zero-order valence-electron chi connectivity index (χ0n) is 6.38. The Morgan fingerprint density at radius 3 is 2.33 bits per heavy atom. The molecule has 68 valence electrons. The molecular formula is C5H6F3N3O. The summed E-state index contributed by atoms with van der Waals surface area (Å²) in [5, 5.41) is 3.36. The van der Waals surface area contributed by atoms with Crippen molar-refractivity contribution in [2.45, 2.75) is 13.3 Å². The van der Waals surface area contributed by atoms with Gasteiger partial charge in [-0.2, -0.15) is 4.98 Å². The lowest BCUT2D eigenvalue weighted by molar-refractivity contribution is -0.277. The molecule has 4 nitrogen and oxygen atoms in total. The van der Waals surface area contributed by atoms with E-state index < -0.39 is 12.4 Å². The second-order valence-corrected chi connectivity index (χ2v) is 2.11. The molecular weight excluding hydrogens is 175 g/mol. The minimum atomic E-state index is -4.73. The summed E-state index contributed by atoms with van der Waals surface area (Å²) >= 11 is 0. The molecule has 0 aromatic carbocycles. The van der Waals surface area contributed by atoms with Crippen LogP contribution in [0.5, 0.6) is 6.01 Å². The largest absolute Gasteiger partial charge is 0.575 e. The topological polar surface area (TPSA) is 39.9 Å². The lowest BCUT2D eigenvalue weighted by Crippen LogP contribution is -2.18. The Kier molecular flexibility index (Phi) is 1.95. The number of rotatable bonds is 1. The summed E-state index contributed by atoms with van der Waals surface area (Å²) in [5.74, 6) is 0.356. The van der Waals surface area contributed by atoms with E-state index in [-0.39, 0.29) is 0 Å². The lowest BCUT2D eigenvalue weighted by atomic mass is 10.7. The van der Waals surface area contributed by atoms with Crippen molar-refractivity contribution in [2.24, 2.45) is 7.05 Å². The van der Waals surface area contributed by atoms with Gasteiger partial charge in [0.15, 0.2) is 0 Å². The number of aryl methyl sites for hydroxylation is 2. The molecule has 0 saturated carbocycles. The van der Waals surface area contributed by atoms with E-state index in [4.69, 9.17) is 0 Å². The molecule has 0 aliphatic heterocycles. The first-order valence-electron chi connectivity index (χ1n) is 3.02. The maximum Gasteiger partial charge on any atom is 0.575 e. The molecule has 0 aliphatic carbocycles. The maximum absolute atomic E-state index is 11.6. The Morgan fingerprint density at radius 2 is 2.00 bits per heavy atom. The Labute approximate surface area is 66.0 Å². The van der Waals surface area contributed by atoms with Gasteiger partial charge in [0.2, 0.25) is 0 Å². The van der Waals surface area contributed by atoms with Crippen molar-refractivity contribution in [3.63, 3.8) is 0 Å². The fourth-order valence-corrected chi connectivity index (χ4v) is 0.581. The molecule has 1 heterocycles. The Hall–Kier alpha value is -1.27. The van der Waals surface area contributed by atoms with Crippen molar-refractivity contribution < 1.29 is 17.9 Å². The van der Waals surface area contributed by atoms with Crippen LogP contribution in [0.15, 0.2) is 0 Å². The smallest absolute Gasteiger partial charge is 0.369 e. The number of alkyl halides is 3. The zero-order valence-corrected chi connectivity index (χ0v) is 6.38. The van der Waals surface area contributed by atoms with E-state index >= 15 is 0 Å². The maximum atomic E-state index is 11.6. The fraction of sp³-hybridized carbons (Fsp3) is 0.600. The van der Waals surface area contributed by atoms with Crippen molar-refractivity contribution in [2.75, 3.05) is 0 Å². The molecule has 0 bridgehead atoms. The molecule has 0 aliphatic rings. The first-order valence-corrected chi connectivity index (χ1v) is 3.02. The third-order valence-electron chi connectivity index (χ3n) is 1.17. The van der Waals surface area contributed by atoms with E-state index in [1.54, 1.807) is 0 Å². The highest BCUT2D eigenvalue weighted by Gasteiger charge is 2.33. The van der Waals surface area contributed by atoms with Crippen molar-refractivity contribution in [3.05, 3.63) is 5.82 Å². The van der Waals surface area contributed by atoms with Crippen LogP contribution in [-0.4, -0.2) is 21.1 Å². The van der Waals surface area contributed by atoms with E-state index in [2.05, 4.69) is 14.8 Å². The molecule has 0 saturated heterocycles. The summed E-state index contributed by atoms with van der Waals surface area (Å²) in [6.45, 7) is 1.52. The van der Waals surface area contributed by atoms with Gasteiger partial charge in [0.05, 0.1) is 0 Å². The van der Waals surface area contributed by atoms with Crippen LogP contribution >= 0.6 is 0 Å². The molecule has 0 fully saturated rings. The van der Waals surface area contributed by atoms with E-state index in [9.17, 15) is 13.2 Å². The molecule has 0 atom stereocenters. The van der Waals surface area contributed by atoms with Crippen LogP contribution in [0.3, 0.4) is 0 Å². The number of aromatic nitrogens is 3. The number of hydrogen-bond acceptors (Lipinski definition) is 3. The average Bonchev–Trinajstić information content (AvgIpc) is 2.07. The van der Waals surface area contributed by atoms with Gasteiger partial charge in [0.25, 0.3) is 0 Å². The van der Waals surface area contributed by atoms with Crippen molar-refractivity contribution >= 4 is 0 Å². The van der Waals surface area contributed by atoms with E-state index in [0.717, 1.165) is 0 Å². The average molecular weight is 181 g/mol. The molecule has 0 spiro atoms. The molecule has 0 unspecified atom stereocenters. The summed E-state index contributed by atoms with van der Waals surface area (Å²) in [6.07, 6.45) is -4.73. The molecule has 0 N–H and O–H groups in total. The van der Waals surface area contributed by atoms with Crippen LogP contribution < -0.4 is 4.74 Å². The predicted molar refractivity (Wildman–Crippen MR) is 32.4 cm³/mol. The number of hydrogen-bond donors (Lipinski definition) is 0. The standard InChI is InChI=1S/C5H6F3N3O/c1-3-9-4(10-11(3)2)12-5(6,7)8/h1-2H3. The molecule has 0 amide bonds. The Bertz CT molecular complexity index is 260. The van der Waals surface area contributed by atoms with Crippen LogP contribution in [0.25, 0.3) is 0 Å². The minimum absolute atomic E-state index is 0.356. The van der Waals surface area contributed by atoms with Gasteiger partial charge in [-0.25, -0.2) is 4.68 Å². The van der Waals surface area contributed by atoms with E-state index in [0.29, 0.717) is 5.82 Å². The van der Waals surface area contributed by atoms with Crippen LogP contribution in [-0.2, 0) is 7.05 Å². The summed E-state index contributed by atoms with van der Waals surface area (Å²) in [4.78, 5) is 3.41. The van der Waals surface area contributed by atoms with Crippen LogP contribution in [0.4, 0.5) is 13.2 Å². The Morgan fingerprint density at radius 1 is 1.42 bits per heavy atom. The highest BCUT2D eigenvalue weighted by atomic mass is 19.4. The second-order valence-electron chi connectivity index (χ2n) is 2.11. The van der Waals surface area contributed by atoms with Gasteiger partial charge < -0.3 is 4.74 Å². The quantitative estimate of drug-likeness (QED) is 0.649. The highest BCUT2D eigenvalue weighted by molar-refractivity contribution is 4.94. The highest BCUT2D eigenvalue weighted by Crippen LogP contribution is 2.18. The predicted octanol–water partition coefficient (Wildman–Crippen LogP) is 1.02. The molecule has 12 heavy (non-hydrogen) atoms. The van der Waals surface area contributed by atoms with Gasteiger partial charge in [-0.1, -0.05) is 0 Å². The normalized spacial score (nSPS) is 11.8. The van der Waals surface area contributed by atoms with Crippen LogP contribution in [0.1, 0.15) is 5.82 Å². The third kappa shape index (κ3) is 2.11. The molecule has 1 aromatic rings. The molecule has 0 radical (unpaired) electrons. The summed E-state index contributed by atoms with van der Waals surface area (Å²) in [7, 11) is 1.48. The van der Waals surface area contributed by atoms with Gasteiger partial charge in [0.1, 0.15) is 5.82 Å². The van der Waals surface area contributed by atoms with Gasteiger partial charge in [-0.3, -0.25) is 0 Å². The summed E-state index contributed by atoms with van der Waals surface area (Å²) < 4.78 is 39.4. The second kappa shape index (κ2) is 2.65. The first kappa shape index (κ1) is 8.82. The minimum Gasteiger partial charge on any atom is -0.369 e. The third-order valence-corrected chi connectivity index (χ3v) is 1.17. The van der Waals surface area contributed by atoms with Gasteiger partial charge in [-0.15, -0.1) is 18.3 Å². The zero-order chi connectivity index (χ0) is 9.35. The SMILES string of the molecule is Cc1nc(OC(F)(F)F)nn1C. The number of ether oxygens (including phenoxy) is 1. The molecule has 1 aromatic heterocycles. The monoisotopic (exact) mass is 181 g/mol. The molecule has 7 heteroatoms. The van der Waals surface area contributed by atoms with Gasteiger partial charge in [-0.05, 0) is 6.92 Å². The summed E-state index contributed by atoms with van der Waals surface area (Å²) in [5.41, 5.74) is 0. The van der Waals surface area contributed by atoms with E-state index in [1.165, 1.54) is 18.7 Å². The Balaban J connectivity index is 2.77. The summed E-state index contributed by atoms with van der Waals surface area (Å²) in [6, 6.07) is -0.678. The molecule has 1 rings (SSSR count). The van der Waals surface area contributed by atoms with E-state index in [1.807, 2.05) is 0 Å². The number of nitrogens with zero attached hydrogens (tertiary/aromatic N) is 3. The van der Waals surface area contributed by atoms with Crippen molar-refractivity contribution in [1.29, 1.82) is 0 Å². The first-order chi connectivity index (χ1) is 5.38. The van der Waals surface area contributed by atoms with Crippen LogP contribution in [0.2, 0.25) is 0 Å². The number of halogens is 3. The van der Waals surface area contributed by atoms with Crippen molar-refractivity contribution in [1.82, 2.24) is 14.8 Å².